The van der Waals surface area contributed by atoms with Crippen LogP contribution in [0.4, 0.5) is 9.59 Å². The van der Waals surface area contributed by atoms with Gasteiger partial charge in [-0.1, -0.05) is 41.9 Å². The summed E-state index contributed by atoms with van der Waals surface area (Å²) < 4.78 is 30.6. The normalized spacial score (nSPS) is 24.6. The van der Waals surface area contributed by atoms with Gasteiger partial charge in [0.1, 0.15) is 30.2 Å². The van der Waals surface area contributed by atoms with Gasteiger partial charge in [0, 0.05) is 5.56 Å². The molecule has 2 aliphatic rings. The predicted molar refractivity (Wildman–Crippen MR) is 127 cm³/mol. The van der Waals surface area contributed by atoms with Crippen molar-refractivity contribution in [3.63, 3.8) is 0 Å². The molecule has 3 aromatic rings. The quantitative estimate of drug-likeness (QED) is 0.372. The maximum absolute atomic E-state index is 12.6. The first-order valence-corrected chi connectivity index (χ1v) is 12.1. The SMILES string of the molecule is CCOC(=O)NN(C[C@H]1O[C@@H](n2cnc3c(Cl)ncnc32)[C@@H]2OC(c3ccccc3)O[C@@H]21)C(=O)OCC. The van der Waals surface area contributed by atoms with E-state index >= 15 is 0 Å². The van der Waals surface area contributed by atoms with Gasteiger partial charge >= 0.3 is 12.2 Å². The number of amides is 2. The van der Waals surface area contributed by atoms with Crippen LogP contribution in [0.1, 0.15) is 31.9 Å². The largest absolute Gasteiger partial charge is 0.449 e. The van der Waals surface area contributed by atoms with E-state index in [2.05, 4.69) is 20.4 Å². The minimum atomic E-state index is -0.806. The molecule has 4 heterocycles. The summed E-state index contributed by atoms with van der Waals surface area (Å²) in [6, 6.07) is 9.45. The van der Waals surface area contributed by atoms with E-state index in [1.165, 1.54) is 12.7 Å². The highest BCUT2D eigenvalue weighted by Gasteiger charge is 2.54. The number of hydrogen-bond donors (Lipinski definition) is 1. The van der Waals surface area contributed by atoms with Crippen LogP contribution in [0.15, 0.2) is 43.0 Å². The molecule has 14 heteroatoms. The van der Waals surface area contributed by atoms with Crippen LogP contribution in [0.2, 0.25) is 5.15 Å². The van der Waals surface area contributed by atoms with E-state index in [0.29, 0.717) is 11.2 Å². The average molecular weight is 533 g/mol. The highest BCUT2D eigenvalue weighted by molar-refractivity contribution is 6.33. The molecule has 2 fully saturated rings. The van der Waals surface area contributed by atoms with Crippen molar-refractivity contribution in [3.05, 3.63) is 53.7 Å². The molecule has 0 saturated carbocycles. The molecule has 2 aliphatic heterocycles. The van der Waals surface area contributed by atoms with E-state index in [4.69, 9.17) is 35.3 Å². The van der Waals surface area contributed by atoms with Crippen molar-refractivity contribution in [2.75, 3.05) is 19.8 Å². The Balaban J connectivity index is 1.45. The van der Waals surface area contributed by atoms with Crippen molar-refractivity contribution in [1.29, 1.82) is 0 Å². The summed E-state index contributed by atoms with van der Waals surface area (Å²) in [6.45, 7) is 3.44. The molecular formula is C23H25ClN6O7. The fraction of sp³-hybridized carbons (Fsp3) is 0.435. The van der Waals surface area contributed by atoms with Crippen LogP contribution in [0.5, 0.6) is 0 Å². The smallest absolute Gasteiger partial charge is 0.428 e. The van der Waals surface area contributed by atoms with E-state index in [1.54, 1.807) is 18.4 Å². The van der Waals surface area contributed by atoms with Crippen LogP contribution < -0.4 is 5.43 Å². The van der Waals surface area contributed by atoms with Crippen LogP contribution >= 0.6 is 11.6 Å². The molecule has 37 heavy (non-hydrogen) atoms. The number of halogens is 1. The molecule has 1 unspecified atom stereocenters. The Morgan fingerprint density at radius 1 is 1.05 bits per heavy atom. The molecule has 2 aromatic heterocycles. The van der Waals surface area contributed by atoms with Gasteiger partial charge in [0.05, 0.1) is 26.1 Å². The van der Waals surface area contributed by atoms with Gasteiger partial charge in [0.2, 0.25) is 0 Å². The first-order chi connectivity index (χ1) is 18.0. The van der Waals surface area contributed by atoms with Gasteiger partial charge in [-0.15, -0.1) is 0 Å². The Morgan fingerprint density at radius 3 is 2.57 bits per heavy atom. The Bertz CT molecular complexity index is 1260. The zero-order valence-electron chi connectivity index (χ0n) is 20.0. The molecule has 0 spiro atoms. The zero-order chi connectivity index (χ0) is 25.9. The van der Waals surface area contributed by atoms with Crippen LogP contribution in [-0.2, 0) is 23.7 Å². The third kappa shape index (κ3) is 5.03. The summed E-state index contributed by atoms with van der Waals surface area (Å²) >= 11 is 6.19. The lowest BCUT2D eigenvalue weighted by molar-refractivity contribution is -0.150. The Hall–Kier alpha value is -3.52. The Labute approximate surface area is 216 Å². The number of hydrazine groups is 1. The van der Waals surface area contributed by atoms with Gasteiger partial charge in [-0.05, 0) is 13.8 Å². The summed E-state index contributed by atoms with van der Waals surface area (Å²) in [5, 5.41) is 1.20. The number of aromatic nitrogens is 4. The van der Waals surface area contributed by atoms with Crippen LogP contribution in [0.3, 0.4) is 0 Å². The molecule has 0 radical (unpaired) electrons. The lowest BCUT2D eigenvalue weighted by Gasteiger charge is -2.27. The van der Waals surface area contributed by atoms with Crippen molar-refractivity contribution < 1.29 is 33.3 Å². The number of imidazole rings is 1. The number of nitrogens with zero attached hydrogens (tertiary/aromatic N) is 5. The van der Waals surface area contributed by atoms with Gasteiger partial charge in [0.25, 0.3) is 0 Å². The second-order valence-electron chi connectivity index (χ2n) is 8.14. The Kier molecular flexibility index (Phi) is 7.37. The van der Waals surface area contributed by atoms with Gasteiger partial charge < -0.3 is 23.7 Å². The average Bonchev–Trinajstić information content (AvgIpc) is 3.60. The zero-order valence-corrected chi connectivity index (χ0v) is 20.8. The minimum Gasteiger partial charge on any atom is -0.449 e. The highest BCUT2D eigenvalue weighted by atomic mass is 35.5. The molecule has 196 valence electrons. The van der Waals surface area contributed by atoms with Crippen molar-refractivity contribution in [3.8, 4) is 0 Å². The minimum absolute atomic E-state index is 0.108. The number of nitrogens with one attached hydrogen (secondary N) is 1. The monoisotopic (exact) mass is 532 g/mol. The topological polar surface area (TPSA) is 139 Å². The molecule has 5 atom stereocenters. The number of fused-ring (bicyclic) bond motifs is 2. The first-order valence-electron chi connectivity index (χ1n) is 11.7. The second kappa shape index (κ2) is 10.8. The lowest BCUT2D eigenvalue weighted by Crippen LogP contribution is -2.51. The van der Waals surface area contributed by atoms with Crippen LogP contribution in [0, 0.1) is 0 Å². The van der Waals surface area contributed by atoms with E-state index < -0.39 is 43.0 Å². The maximum atomic E-state index is 12.6. The second-order valence-corrected chi connectivity index (χ2v) is 8.50. The molecular weight excluding hydrogens is 508 g/mol. The summed E-state index contributed by atoms with van der Waals surface area (Å²) in [5.74, 6) is 0. The fourth-order valence-corrected chi connectivity index (χ4v) is 4.48. The molecule has 1 N–H and O–H groups in total. The van der Waals surface area contributed by atoms with Crippen LogP contribution in [-0.4, -0.2) is 74.8 Å². The summed E-state index contributed by atoms with van der Waals surface area (Å²) in [4.78, 5) is 37.3. The van der Waals surface area contributed by atoms with Crippen molar-refractivity contribution >= 4 is 35.0 Å². The van der Waals surface area contributed by atoms with E-state index in [9.17, 15) is 9.59 Å². The standard InChI is InChI=1S/C23H25ClN6O7/c1-3-33-22(31)28-30(23(32)34-4-2)10-14-16-17(37-21(36-16)13-8-6-5-7-9-13)20(35-14)29-12-27-15-18(24)25-11-26-19(15)29/h5-9,11-12,14,16-17,20-21H,3-4,10H2,1-2H3,(H,28,31)/t14-,16-,17-,20-,21?/m1/s1. The van der Waals surface area contributed by atoms with Crippen molar-refractivity contribution in [1.82, 2.24) is 30.0 Å². The van der Waals surface area contributed by atoms with Crippen molar-refractivity contribution in [2.45, 2.75) is 44.7 Å². The van der Waals surface area contributed by atoms with E-state index in [1.807, 2.05) is 30.3 Å². The van der Waals surface area contributed by atoms with Gasteiger partial charge in [-0.2, -0.15) is 0 Å². The third-order valence-corrected chi connectivity index (χ3v) is 6.14. The Morgan fingerprint density at radius 2 is 1.81 bits per heavy atom. The molecule has 2 amide bonds. The number of hydrogen-bond acceptors (Lipinski definition) is 10. The lowest BCUT2D eigenvalue weighted by atomic mass is 10.1. The summed E-state index contributed by atoms with van der Waals surface area (Å²) in [6.07, 6.45) is -2.07. The van der Waals surface area contributed by atoms with Crippen molar-refractivity contribution in [2.24, 2.45) is 0 Å². The molecule has 0 aliphatic carbocycles. The molecule has 0 bridgehead atoms. The maximum Gasteiger partial charge on any atom is 0.428 e. The van der Waals surface area contributed by atoms with E-state index in [-0.39, 0.29) is 24.9 Å². The molecule has 5 rings (SSSR count). The van der Waals surface area contributed by atoms with Crippen LogP contribution in [0.25, 0.3) is 11.2 Å². The van der Waals surface area contributed by atoms with Gasteiger partial charge in [-0.3, -0.25) is 4.57 Å². The number of rotatable bonds is 6. The van der Waals surface area contributed by atoms with Gasteiger partial charge in [-0.25, -0.2) is 35.0 Å². The fourth-order valence-electron chi connectivity index (χ4n) is 4.30. The number of benzene rings is 1. The molecule has 2 saturated heterocycles. The van der Waals surface area contributed by atoms with Gasteiger partial charge in [0.15, 0.2) is 23.3 Å². The highest BCUT2D eigenvalue weighted by Crippen LogP contribution is 2.45. The number of carbonyl (C=O) groups is 2. The summed E-state index contributed by atoms with van der Waals surface area (Å²) in [5.41, 5.74) is 4.08. The number of carbonyl (C=O) groups excluding carboxylic acids is 2. The first kappa shape index (κ1) is 25.1. The molecule has 13 nitrogen and oxygen atoms in total. The summed E-state index contributed by atoms with van der Waals surface area (Å²) in [7, 11) is 0. The van der Waals surface area contributed by atoms with E-state index in [0.717, 1.165) is 10.6 Å². The molecule has 1 aromatic carbocycles. The number of ether oxygens (including phenoxy) is 5. The third-order valence-electron chi connectivity index (χ3n) is 5.86. The predicted octanol–water partition coefficient (Wildman–Crippen LogP) is 2.98.